The Labute approximate surface area is 120 Å². The molecule has 0 radical (unpaired) electrons. The summed E-state index contributed by atoms with van der Waals surface area (Å²) in [6.07, 6.45) is 6.18. The van der Waals surface area contributed by atoms with Crippen LogP contribution in [0, 0.1) is 0 Å². The van der Waals surface area contributed by atoms with Crippen molar-refractivity contribution < 1.29 is 4.79 Å². The highest BCUT2D eigenvalue weighted by molar-refractivity contribution is 7.09. The van der Waals surface area contributed by atoms with Crippen molar-refractivity contribution in [2.45, 2.75) is 57.9 Å². The zero-order valence-corrected chi connectivity index (χ0v) is 13.0. The highest BCUT2D eigenvalue weighted by atomic mass is 32.1. The highest BCUT2D eigenvalue weighted by Gasteiger charge is 2.43. The molecule has 2 rings (SSSR count). The predicted octanol–water partition coefficient (Wildman–Crippen LogP) is 3.90. The second kappa shape index (κ2) is 6.67. The van der Waals surface area contributed by atoms with Gasteiger partial charge in [-0.2, -0.15) is 0 Å². The standard InChI is InChI=1S/C16H25NOS/c1-3-17(4-2)16(11-5-6-12-16)15(18)10-9-14-8-7-13-19-14/h7-8,13H,3-6,9-12H2,1-2H3. The van der Waals surface area contributed by atoms with Gasteiger partial charge in [-0.25, -0.2) is 0 Å². The van der Waals surface area contributed by atoms with Crippen molar-refractivity contribution >= 4 is 17.1 Å². The molecule has 1 fully saturated rings. The summed E-state index contributed by atoms with van der Waals surface area (Å²) in [5.41, 5.74) is -0.138. The maximum Gasteiger partial charge on any atom is 0.153 e. The van der Waals surface area contributed by atoms with Gasteiger partial charge in [0.2, 0.25) is 0 Å². The zero-order chi connectivity index (χ0) is 13.7. The highest BCUT2D eigenvalue weighted by Crippen LogP contribution is 2.37. The summed E-state index contributed by atoms with van der Waals surface area (Å²) in [6, 6.07) is 4.21. The van der Waals surface area contributed by atoms with E-state index in [9.17, 15) is 4.79 Å². The van der Waals surface area contributed by atoms with Crippen molar-refractivity contribution in [3.05, 3.63) is 22.4 Å². The molecule has 0 spiro atoms. The third-order valence-electron chi connectivity index (χ3n) is 4.50. The number of Topliss-reactive ketones (excluding diaryl/α,β-unsaturated/α-hetero) is 1. The molecule has 0 atom stereocenters. The fourth-order valence-corrected chi connectivity index (χ4v) is 4.19. The molecular formula is C16H25NOS. The molecule has 1 saturated carbocycles. The van der Waals surface area contributed by atoms with Crippen LogP contribution in [0.15, 0.2) is 17.5 Å². The first kappa shape index (κ1) is 14.7. The van der Waals surface area contributed by atoms with Gasteiger partial charge in [0, 0.05) is 11.3 Å². The van der Waals surface area contributed by atoms with Crippen LogP contribution >= 0.6 is 11.3 Å². The van der Waals surface area contributed by atoms with Gasteiger partial charge in [-0.05, 0) is 43.8 Å². The van der Waals surface area contributed by atoms with E-state index in [0.29, 0.717) is 12.2 Å². The van der Waals surface area contributed by atoms with Crippen LogP contribution in [0.3, 0.4) is 0 Å². The fourth-order valence-electron chi connectivity index (χ4n) is 3.48. The summed E-state index contributed by atoms with van der Waals surface area (Å²) >= 11 is 1.76. The van der Waals surface area contributed by atoms with E-state index in [4.69, 9.17) is 0 Å². The summed E-state index contributed by atoms with van der Waals surface area (Å²) in [5, 5.41) is 2.09. The molecule has 106 valence electrons. The molecular weight excluding hydrogens is 254 g/mol. The molecule has 0 bridgehead atoms. The molecule has 0 N–H and O–H groups in total. The van der Waals surface area contributed by atoms with Crippen molar-refractivity contribution in [3.8, 4) is 0 Å². The molecule has 1 aliphatic carbocycles. The number of hydrogen-bond donors (Lipinski definition) is 0. The van der Waals surface area contributed by atoms with Crippen LogP contribution in [-0.4, -0.2) is 29.3 Å². The lowest BCUT2D eigenvalue weighted by Crippen LogP contribution is -2.52. The minimum Gasteiger partial charge on any atom is -0.298 e. The Kier molecular flexibility index (Phi) is 5.17. The second-order valence-corrected chi connectivity index (χ2v) is 6.45. The summed E-state index contributed by atoms with van der Waals surface area (Å²) in [6.45, 7) is 6.33. The number of ketones is 1. The third kappa shape index (κ3) is 3.09. The maximum absolute atomic E-state index is 12.8. The molecule has 1 aliphatic rings. The van der Waals surface area contributed by atoms with E-state index < -0.39 is 0 Å². The first-order valence-corrected chi connectivity index (χ1v) is 8.41. The largest absolute Gasteiger partial charge is 0.298 e. The molecule has 3 heteroatoms. The Morgan fingerprint density at radius 3 is 2.53 bits per heavy atom. The smallest absolute Gasteiger partial charge is 0.153 e. The van der Waals surface area contributed by atoms with Gasteiger partial charge in [0.15, 0.2) is 5.78 Å². The molecule has 0 saturated heterocycles. The molecule has 1 heterocycles. The first-order chi connectivity index (χ1) is 9.23. The summed E-state index contributed by atoms with van der Waals surface area (Å²) in [4.78, 5) is 16.5. The molecule has 0 aromatic carbocycles. The number of aryl methyl sites for hydroxylation is 1. The molecule has 2 nitrogen and oxygen atoms in total. The lowest BCUT2D eigenvalue weighted by Gasteiger charge is -2.39. The topological polar surface area (TPSA) is 20.3 Å². The SMILES string of the molecule is CCN(CC)C1(C(=O)CCc2cccs2)CCCC1. The zero-order valence-electron chi connectivity index (χ0n) is 12.2. The number of nitrogens with zero attached hydrogens (tertiary/aromatic N) is 1. The number of carbonyl (C=O) groups excluding carboxylic acids is 1. The van der Waals surface area contributed by atoms with Crippen LogP contribution in [0.4, 0.5) is 0 Å². The van der Waals surface area contributed by atoms with E-state index in [0.717, 1.165) is 32.4 Å². The molecule has 1 aromatic rings. The van der Waals surface area contributed by atoms with E-state index in [1.807, 2.05) is 0 Å². The monoisotopic (exact) mass is 279 g/mol. The number of likely N-dealkylation sites (N-methyl/N-ethyl adjacent to an activating group) is 1. The normalized spacial score (nSPS) is 18.1. The number of rotatable bonds is 7. The number of hydrogen-bond acceptors (Lipinski definition) is 3. The number of carbonyl (C=O) groups is 1. The molecule has 19 heavy (non-hydrogen) atoms. The van der Waals surface area contributed by atoms with Crippen LogP contribution in [0.1, 0.15) is 50.8 Å². The molecule has 1 aromatic heterocycles. The minimum absolute atomic E-state index is 0.138. The average molecular weight is 279 g/mol. The average Bonchev–Trinajstić information content (AvgIpc) is 3.09. The van der Waals surface area contributed by atoms with Gasteiger partial charge < -0.3 is 0 Å². The lowest BCUT2D eigenvalue weighted by atomic mass is 9.87. The quantitative estimate of drug-likeness (QED) is 0.754. The Hall–Kier alpha value is -0.670. The summed E-state index contributed by atoms with van der Waals surface area (Å²) in [7, 11) is 0. The van der Waals surface area contributed by atoms with Crippen LogP contribution in [0.5, 0.6) is 0 Å². The number of thiophene rings is 1. The van der Waals surface area contributed by atoms with Crippen molar-refractivity contribution in [1.82, 2.24) is 4.90 Å². The van der Waals surface area contributed by atoms with Crippen molar-refractivity contribution in [2.24, 2.45) is 0 Å². The van der Waals surface area contributed by atoms with Gasteiger partial charge in [0.25, 0.3) is 0 Å². The Bertz CT molecular complexity index is 389. The summed E-state index contributed by atoms with van der Waals surface area (Å²) < 4.78 is 0. The van der Waals surface area contributed by atoms with E-state index in [-0.39, 0.29) is 5.54 Å². The molecule has 0 aliphatic heterocycles. The fraction of sp³-hybridized carbons (Fsp3) is 0.688. The van der Waals surface area contributed by atoms with Crippen LogP contribution in [0.2, 0.25) is 0 Å². The molecule has 0 unspecified atom stereocenters. The second-order valence-electron chi connectivity index (χ2n) is 5.41. The Morgan fingerprint density at radius 2 is 2.00 bits per heavy atom. The van der Waals surface area contributed by atoms with Crippen LogP contribution < -0.4 is 0 Å². The predicted molar refractivity (Wildman–Crippen MR) is 81.8 cm³/mol. The van der Waals surface area contributed by atoms with Crippen molar-refractivity contribution in [2.75, 3.05) is 13.1 Å². The van der Waals surface area contributed by atoms with Gasteiger partial charge in [0.1, 0.15) is 0 Å². The van der Waals surface area contributed by atoms with Crippen LogP contribution in [0.25, 0.3) is 0 Å². The van der Waals surface area contributed by atoms with Gasteiger partial charge in [0.05, 0.1) is 5.54 Å². The van der Waals surface area contributed by atoms with E-state index in [1.54, 1.807) is 11.3 Å². The van der Waals surface area contributed by atoms with Crippen LogP contribution in [-0.2, 0) is 11.2 Å². The first-order valence-electron chi connectivity index (χ1n) is 7.53. The molecule has 0 amide bonds. The minimum atomic E-state index is -0.138. The Balaban J connectivity index is 2.04. The van der Waals surface area contributed by atoms with Gasteiger partial charge in [-0.15, -0.1) is 11.3 Å². The summed E-state index contributed by atoms with van der Waals surface area (Å²) in [5.74, 6) is 0.474. The third-order valence-corrected chi connectivity index (χ3v) is 5.43. The van der Waals surface area contributed by atoms with Gasteiger partial charge in [-0.3, -0.25) is 9.69 Å². The maximum atomic E-state index is 12.8. The van der Waals surface area contributed by atoms with E-state index >= 15 is 0 Å². The lowest BCUT2D eigenvalue weighted by molar-refractivity contribution is -0.131. The van der Waals surface area contributed by atoms with Gasteiger partial charge >= 0.3 is 0 Å². The van der Waals surface area contributed by atoms with E-state index in [2.05, 4.69) is 36.3 Å². The van der Waals surface area contributed by atoms with Crippen molar-refractivity contribution in [1.29, 1.82) is 0 Å². The van der Waals surface area contributed by atoms with Crippen molar-refractivity contribution in [3.63, 3.8) is 0 Å². The van der Waals surface area contributed by atoms with Gasteiger partial charge in [-0.1, -0.05) is 32.8 Å². The Morgan fingerprint density at radius 1 is 1.32 bits per heavy atom. The van der Waals surface area contributed by atoms with E-state index in [1.165, 1.54) is 17.7 Å².